The van der Waals surface area contributed by atoms with Crippen molar-refractivity contribution in [1.82, 2.24) is 15.1 Å². The van der Waals surface area contributed by atoms with Crippen LogP contribution in [0, 0.1) is 0 Å². The average Bonchev–Trinajstić information content (AvgIpc) is 3.06. The highest BCUT2D eigenvalue weighted by atomic mass is 19.4. The van der Waals surface area contributed by atoms with Crippen molar-refractivity contribution >= 4 is 16.9 Å². The van der Waals surface area contributed by atoms with E-state index in [-0.39, 0.29) is 24.2 Å². The van der Waals surface area contributed by atoms with Crippen molar-refractivity contribution < 1.29 is 22.4 Å². The van der Waals surface area contributed by atoms with Crippen molar-refractivity contribution in [3.8, 4) is 0 Å². The van der Waals surface area contributed by atoms with Crippen LogP contribution in [0.4, 0.5) is 13.2 Å². The van der Waals surface area contributed by atoms with Crippen LogP contribution in [0.15, 0.2) is 39.5 Å². The van der Waals surface area contributed by atoms with Crippen LogP contribution in [0.2, 0.25) is 0 Å². The van der Waals surface area contributed by atoms with Crippen LogP contribution in [0.3, 0.4) is 0 Å². The van der Waals surface area contributed by atoms with Crippen LogP contribution in [-0.4, -0.2) is 22.2 Å². The largest absolute Gasteiger partial charge is 0.435 e. The lowest BCUT2D eigenvalue weighted by Gasteiger charge is -2.15. The van der Waals surface area contributed by atoms with E-state index in [4.69, 9.17) is 4.42 Å². The number of hydrogen-bond acceptors (Lipinski definition) is 4. The summed E-state index contributed by atoms with van der Waals surface area (Å²) >= 11 is 0. The molecule has 1 aliphatic rings. The number of nitrogens with zero attached hydrogens (tertiary/aromatic N) is 2. The predicted molar refractivity (Wildman–Crippen MR) is 98.7 cm³/mol. The maximum Gasteiger partial charge on any atom is 0.435 e. The Bertz CT molecular complexity index is 1130. The Labute approximate surface area is 163 Å². The Morgan fingerprint density at radius 1 is 1.21 bits per heavy atom. The maximum atomic E-state index is 13.2. The van der Waals surface area contributed by atoms with Gasteiger partial charge in [-0.1, -0.05) is 18.2 Å². The summed E-state index contributed by atoms with van der Waals surface area (Å²) in [4.78, 5) is 24.4. The lowest BCUT2D eigenvalue weighted by Crippen LogP contribution is -2.31. The first-order chi connectivity index (χ1) is 13.8. The number of fused-ring (bicyclic) bond motifs is 2. The van der Waals surface area contributed by atoms with E-state index in [9.17, 15) is 22.8 Å². The topological polar surface area (TPSA) is 77.1 Å². The zero-order valence-corrected chi connectivity index (χ0v) is 15.4. The van der Waals surface area contributed by atoms with Gasteiger partial charge in [0.1, 0.15) is 11.1 Å². The molecule has 0 unspecified atom stereocenters. The summed E-state index contributed by atoms with van der Waals surface area (Å²) in [5.41, 5.74) is -0.557. The van der Waals surface area contributed by atoms with Crippen molar-refractivity contribution in [2.24, 2.45) is 0 Å². The van der Waals surface area contributed by atoms with Gasteiger partial charge in [0.05, 0.1) is 6.54 Å². The molecule has 0 atom stereocenters. The van der Waals surface area contributed by atoms with E-state index in [0.717, 1.165) is 6.42 Å². The van der Waals surface area contributed by atoms with Crippen LogP contribution in [0.1, 0.15) is 40.2 Å². The molecule has 0 fully saturated rings. The zero-order valence-electron chi connectivity index (χ0n) is 15.4. The maximum absolute atomic E-state index is 13.2. The molecule has 2 aromatic heterocycles. The fourth-order valence-electron chi connectivity index (χ4n) is 3.67. The van der Waals surface area contributed by atoms with Gasteiger partial charge in [-0.3, -0.25) is 9.48 Å². The van der Waals surface area contributed by atoms with Crippen molar-refractivity contribution in [3.05, 3.63) is 63.3 Å². The molecule has 1 aromatic carbocycles. The van der Waals surface area contributed by atoms with Gasteiger partial charge in [0, 0.05) is 23.2 Å². The van der Waals surface area contributed by atoms with Crippen molar-refractivity contribution in [3.63, 3.8) is 0 Å². The van der Waals surface area contributed by atoms with E-state index in [1.165, 1.54) is 10.7 Å². The first-order valence-corrected chi connectivity index (χ1v) is 9.31. The smallest absolute Gasteiger partial charge is 0.422 e. The van der Waals surface area contributed by atoms with Crippen LogP contribution in [0.5, 0.6) is 0 Å². The van der Waals surface area contributed by atoms with Gasteiger partial charge in [-0.05, 0) is 37.8 Å². The molecule has 0 aliphatic heterocycles. The predicted octanol–water partition coefficient (Wildman–Crippen LogP) is 3.32. The van der Waals surface area contributed by atoms with Crippen molar-refractivity contribution in [1.29, 1.82) is 0 Å². The summed E-state index contributed by atoms with van der Waals surface area (Å²) in [5, 5.41) is 6.92. The molecule has 9 heteroatoms. The Hall–Kier alpha value is -3.10. The second-order valence-electron chi connectivity index (χ2n) is 6.94. The highest BCUT2D eigenvalue weighted by Gasteiger charge is 2.39. The van der Waals surface area contributed by atoms with E-state index in [1.807, 2.05) is 0 Å². The summed E-state index contributed by atoms with van der Waals surface area (Å²) in [5.74, 6) is -0.637. The van der Waals surface area contributed by atoms with Gasteiger partial charge < -0.3 is 9.73 Å². The molecule has 2 heterocycles. The van der Waals surface area contributed by atoms with E-state index in [2.05, 4.69) is 10.4 Å². The fourth-order valence-corrected chi connectivity index (χ4v) is 3.67. The monoisotopic (exact) mass is 405 g/mol. The molecule has 0 bridgehead atoms. The fraction of sp³-hybridized carbons (Fsp3) is 0.350. The Morgan fingerprint density at radius 2 is 1.97 bits per heavy atom. The van der Waals surface area contributed by atoms with Crippen molar-refractivity contribution in [2.75, 3.05) is 6.54 Å². The third-order valence-electron chi connectivity index (χ3n) is 5.02. The van der Waals surface area contributed by atoms with Gasteiger partial charge in [0.2, 0.25) is 0 Å². The molecule has 0 saturated carbocycles. The van der Waals surface area contributed by atoms with E-state index in [0.29, 0.717) is 35.9 Å². The van der Waals surface area contributed by atoms with Gasteiger partial charge in [-0.25, -0.2) is 4.79 Å². The van der Waals surface area contributed by atoms with Gasteiger partial charge in [0.25, 0.3) is 5.91 Å². The van der Waals surface area contributed by atoms with Crippen LogP contribution < -0.4 is 10.9 Å². The standard InChI is InChI=1S/C20H18F3N3O3/c21-20(22,23)17-13-6-2-3-7-15(13)26(25-17)10-9-24-18(27)14-11-12-5-1-4-8-16(12)29-19(14)28/h1,4-5,8,11H,2-3,6-7,9-10H2,(H,24,27). The highest BCUT2D eigenvalue weighted by molar-refractivity contribution is 5.96. The number of rotatable bonds is 4. The van der Waals surface area contributed by atoms with E-state index < -0.39 is 23.4 Å². The Morgan fingerprint density at radius 3 is 2.76 bits per heavy atom. The average molecular weight is 405 g/mol. The molecule has 29 heavy (non-hydrogen) atoms. The number of carbonyl (C=O) groups is 1. The summed E-state index contributed by atoms with van der Waals surface area (Å²) < 4.78 is 46.2. The number of alkyl halides is 3. The van der Waals surface area contributed by atoms with Gasteiger partial charge in [-0.2, -0.15) is 18.3 Å². The second kappa shape index (κ2) is 7.38. The molecular weight excluding hydrogens is 387 g/mol. The molecule has 1 aliphatic carbocycles. The highest BCUT2D eigenvalue weighted by Crippen LogP contribution is 2.35. The Kier molecular flexibility index (Phi) is 4.89. The SMILES string of the molecule is O=C(NCCn1nc(C(F)(F)F)c2c1CCCC2)c1cc2ccccc2oc1=O. The molecule has 152 valence electrons. The Balaban J connectivity index is 1.50. The van der Waals surface area contributed by atoms with Crippen molar-refractivity contribution in [2.45, 2.75) is 38.4 Å². The number of para-hydroxylation sites is 1. The van der Waals surface area contributed by atoms with Crippen LogP contribution in [0.25, 0.3) is 11.0 Å². The molecule has 6 nitrogen and oxygen atoms in total. The summed E-state index contributed by atoms with van der Waals surface area (Å²) in [6, 6.07) is 8.24. The minimum absolute atomic E-state index is 0.0382. The lowest BCUT2D eigenvalue weighted by molar-refractivity contribution is -0.142. The summed E-state index contributed by atoms with van der Waals surface area (Å²) in [6.07, 6.45) is -2.11. The molecule has 0 radical (unpaired) electrons. The van der Waals surface area contributed by atoms with E-state index >= 15 is 0 Å². The second-order valence-corrected chi connectivity index (χ2v) is 6.94. The molecule has 0 spiro atoms. The molecule has 4 rings (SSSR count). The number of halogens is 3. The van der Waals surface area contributed by atoms with Crippen LogP contribution >= 0.6 is 0 Å². The number of aromatic nitrogens is 2. The number of nitrogens with one attached hydrogen (secondary N) is 1. The summed E-state index contributed by atoms with van der Waals surface area (Å²) in [6.45, 7) is 0.125. The normalized spacial score (nSPS) is 14.0. The number of amides is 1. The van der Waals surface area contributed by atoms with Gasteiger partial charge in [0.15, 0.2) is 5.69 Å². The van der Waals surface area contributed by atoms with Crippen LogP contribution in [-0.2, 0) is 25.6 Å². The number of carbonyl (C=O) groups excluding carboxylic acids is 1. The summed E-state index contributed by atoms with van der Waals surface area (Å²) in [7, 11) is 0. The number of benzene rings is 1. The molecule has 0 saturated heterocycles. The minimum Gasteiger partial charge on any atom is -0.422 e. The van der Waals surface area contributed by atoms with E-state index in [1.54, 1.807) is 24.3 Å². The molecule has 3 aromatic rings. The molecule has 1 N–H and O–H groups in total. The third kappa shape index (κ3) is 3.76. The first-order valence-electron chi connectivity index (χ1n) is 9.31. The minimum atomic E-state index is -4.50. The van der Waals surface area contributed by atoms with Gasteiger partial charge in [-0.15, -0.1) is 0 Å². The first kappa shape index (κ1) is 19.2. The molecule has 1 amide bonds. The number of hydrogen-bond donors (Lipinski definition) is 1. The van der Waals surface area contributed by atoms with Gasteiger partial charge >= 0.3 is 11.8 Å². The molecular formula is C20H18F3N3O3. The third-order valence-corrected chi connectivity index (χ3v) is 5.02. The lowest BCUT2D eigenvalue weighted by atomic mass is 9.95. The quantitative estimate of drug-likeness (QED) is 0.676. The zero-order chi connectivity index (χ0) is 20.6.